The molecular formula is C14H22N2OSi. The monoisotopic (exact) mass is 262 g/mol. The topological polar surface area (TPSA) is 32.7 Å². The van der Waals surface area contributed by atoms with Gasteiger partial charge in [0.2, 0.25) is 0 Å². The van der Waals surface area contributed by atoms with Gasteiger partial charge in [-0.1, -0.05) is 18.2 Å². The third kappa shape index (κ3) is 4.45. The second kappa shape index (κ2) is 5.95. The molecular weight excluding hydrogens is 240 g/mol. The van der Waals surface area contributed by atoms with Gasteiger partial charge in [0.15, 0.2) is 8.24 Å². The average molecular weight is 262 g/mol. The lowest BCUT2D eigenvalue weighted by molar-refractivity contribution is -0.115. The first-order valence-corrected chi connectivity index (χ1v) is 9.64. The first kappa shape index (κ1) is 14.6. The van der Waals surface area contributed by atoms with E-state index in [0.29, 0.717) is 6.42 Å². The number of hydrazone groups is 1. The Balaban J connectivity index is 3.05. The highest BCUT2D eigenvalue weighted by atomic mass is 28.3. The largest absolute Gasteiger partial charge is 0.300 e. The van der Waals surface area contributed by atoms with Gasteiger partial charge in [-0.05, 0) is 45.6 Å². The van der Waals surface area contributed by atoms with Crippen molar-refractivity contribution in [3.63, 3.8) is 0 Å². The molecule has 1 rings (SSSR count). The van der Waals surface area contributed by atoms with Crippen molar-refractivity contribution in [2.24, 2.45) is 5.10 Å². The van der Waals surface area contributed by atoms with Gasteiger partial charge in [-0.25, -0.2) is 0 Å². The van der Waals surface area contributed by atoms with Crippen LogP contribution < -0.4 is 4.67 Å². The number of carbonyl (C=O) groups is 1. The molecule has 0 fully saturated rings. The Kier molecular flexibility index (Phi) is 4.84. The molecule has 0 atom stereocenters. The Bertz CT molecular complexity index is 435. The van der Waals surface area contributed by atoms with Crippen molar-refractivity contribution in [2.75, 3.05) is 4.67 Å². The zero-order chi connectivity index (χ0) is 13.8. The molecule has 0 N–H and O–H groups in total. The molecule has 0 aliphatic carbocycles. The zero-order valence-corrected chi connectivity index (χ0v) is 12.9. The maximum atomic E-state index is 11.1. The van der Waals surface area contributed by atoms with E-state index in [0.717, 1.165) is 11.4 Å². The van der Waals surface area contributed by atoms with E-state index in [2.05, 4.69) is 41.5 Å². The number of hydrogen-bond donors (Lipinski definition) is 0. The van der Waals surface area contributed by atoms with Crippen molar-refractivity contribution in [1.82, 2.24) is 0 Å². The number of nitrogens with zero attached hydrogens (tertiary/aromatic N) is 2. The molecule has 0 unspecified atom stereocenters. The second-order valence-electron chi connectivity index (χ2n) is 5.53. The summed E-state index contributed by atoms with van der Waals surface area (Å²) in [6, 6.07) is 10.1. The summed E-state index contributed by atoms with van der Waals surface area (Å²) in [5.74, 6) is 0.153. The fraction of sp³-hybridized carbons (Fsp3) is 0.429. The number of hydrogen-bond acceptors (Lipinski definition) is 3. The molecule has 0 spiro atoms. The Morgan fingerprint density at radius 3 is 2.17 bits per heavy atom. The summed E-state index contributed by atoms with van der Waals surface area (Å²) < 4.78 is 2.10. The normalized spacial score (nSPS) is 12.4. The van der Waals surface area contributed by atoms with Crippen LogP contribution in [-0.4, -0.2) is 19.7 Å². The highest BCUT2D eigenvalue weighted by Crippen LogP contribution is 2.21. The molecule has 0 aliphatic heterocycles. The predicted octanol–water partition coefficient (Wildman–Crippen LogP) is 3.68. The highest BCUT2D eigenvalue weighted by molar-refractivity contribution is 6.79. The van der Waals surface area contributed by atoms with Crippen molar-refractivity contribution in [1.29, 1.82) is 0 Å². The minimum atomic E-state index is -1.61. The average Bonchev–Trinajstić information content (AvgIpc) is 2.24. The summed E-state index contributed by atoms with van der Waals surface area (Å²) in [4.78, 5) is 11.1. The number of anilines is 1. The van der Waals surface area contributed by atoms with Crippen LogP contribution >= 0.6 is 0 Å². The van der Waals surface area contributed by atoms with Crippen LogP contribution in [0.5, 0.6) is 0 Å². The third-order valence-corrected chi connectivity index (χ3v) is 4.04. The van der Waals surface area contributed by atoms with E-state index in [1.54, 1.807) is 6.92 Å². The summed E-state index contributed by atoms with van der Waals surface area (Å²) in [5, 5.41) is 4.65. The molecule has 1 aromatic carbocycles. The van der Waals surface area contributed by atoms with Gasteiger partial charge in [-0.3, -0.25) is 9.47 Å². The van der Waals surface area contributed by atoms with Crippen molar-refractivity contribution in [3.05, 3.63) is 30.3 Å². The lowest BCUT2D eigenvalue weighted by Crippen LogP contribution is -2.43. The lowest BCUT2D eigenvalue weighted by atomic mass is 10.2. The molecule has 1 aromatic rings. The van der Waals surface area contributed by atoms with Crippen LogP contribution in [0.2, 0.25) is 19.6 Å². The fourth-order valence-electron chi connectivity index (χ4n) is 1.73. The Labute approximate surface area is 111 Å². The van der Waals surface area contributed by atoms with Crippen LogP contribution in [0.4, 0.5) is 5.69 Å². The number of para-hydroxylation sites is 1. The summed E-state index contributed by atoms with van der Waals surface area (Å²) in [5.41, 5.74) is 1.97. The molecule has 0 saturated carbocycles. The van der Waals surface area contributed by atoms with E-state index in [1.807, 2.05) is 25.1 Å². The van der Waals surface area contributed by atoms with E-state index in [-0.39, 0.29) is 5.78 Å². The molecule has 18 heavy (non-hydrogen) atoms. The van der Waals surface area contributed by atoms with E-state index in [9.17, 15) is 4.79 Å². The number of Topliss-reactive ketones (excluding diaryl/α,β-unsaturated/α-hetero) is 1. The third-order valence-electron chi connectivity index (χ3n) is 2.41. The van der Waals surface area contributed by atoms with Crippen molar-refractivity contribution in [2.45, 2.75) is 39.9 Å². The number of carbonyl (C=O) groups excluding carboxylic acids is 1. The summed E-state index contributed by atoms with van der Waals surface area (Å²) in [6.45, 7) is 10.2. The van der Waals surface area contributed by atoms with Gasteiger partial charge < -0.3 is 0 Å². The van der Waals surface area contributed by atoms with Crippen LogP contribution in [0.1, 0.15) is 20.3 Å². The Hall–Kier alpha value is -1.42. The number of ketones is 1. The van der Waals surface area contributed by atoms with E-state index >= 15 is 0 Å². The molecule has 0 heterocycles. The van der Waals surface area contributed by atoms with E-state index in [4.69, 9.17) is 0 Å². The summed E-state index contributed by atoms with van der Waals surface area (Å²) >= 11 is 0. The second-order valence-corrected chi connectivity index (χ2v) is 10.3. The molecule has 98 valence electrons. The van der Waals surface area contributed by atoms with Gasteiger partial charge in [0.05, 0.1) is 0 Å². The Morgan fingerprint density at radius 2 is 1.72 bits per heavy atom. The van der Waals surface area contributed by atoms with Gasteiger partial charge in [-0.2, -0.15) is 5.10 Å². The maximum absolute atomic E-state index is 11.1. The van der Waals surface area contributed by atoms with Gasteiger partial charge in [-0.15, -0.1) is 0 Å². The van der Waals surface area contributed by atoms with E-state index in [1.165, 1.54) is 0 Å². The smallest absolute Gasteiger partial charge is 0.176 e. The van der Waals surface area contributed by atoms with Crippen molar-refractivity contribution < 1.29 is 4.79 Å². The first-order valence-electron chi connectivity index (χ1n) is 6.19. The van der Waals surface area contributed by atoms with Gasteiger partial charge >= 0.3 is 0 Å². The Morgan fingerprint density at radius 1 is 1.17 bits per heavy atom. The minimum Gasteiger partial charge on any atom is -0.300 e. The quantitative estimate of drug-likeness (QED) is 0.460. The number of rotatable bonds is 5. The van der Waals surface area contributed by atoms with Crippen LogP contribution in [0.15, 0.2) is 35.4 Å². The standard InChI is InChI=1S/C14H22N2OSi/c1-12(11-13(2)17)15-16(18(3,4)5)14-9-7-6-8-10-14/h6-10H,11H2,1-5H3. The number of benzene rings is 1. The molecule has 3 nitrogen and oxygen atoms in total. The van der Waals surface area contributed by atoms with Crippen molar-refractivity contribution in [3.8, 4) is 0 Å². The van der Waals surface area contributed by atoms with Crippen LogP contribution in [0.3, 0.4) is 0 Å². The highest BCUT2D eigenvalue weighted by Gasteiger charge is 2.24. The summed E-state index contributed by atoms with van der Waals surface area (Å²) in [7, 11) is -1.61. The summed E-state index contributed by atoms with van der Waals surface area (Å²) in [6.07, 6.45) is 0.424. The van der Waals surface area contributed by atoms with Gasteiger partial charge in [0.25, 0.3) is 0 Å². The molecule has 0 amide bonds. The van der Waals surface area contributed by atoms with Crippen LogP contribution in [0.25, 0.3) is 0 Å². The fourth-order valence-corrected chi connectivity index (χ4v) is 3.12. The predicted molar refractivity (Wildman–Crippen MR) is 80.7 cm³/mol. The molecule has 0 saturated heterocycles. The van der Waals surface area contributed by atoms with Crippen LogP contribution in [-0.2, 0) is 4.79 Å². The first-order chi connectivity index (χ1) is 8.30. The molecule has 0 aliphatic rings. The lowest BCUT2D eigenvalue weighted by Gasteiger charge is -2.32. The van der Waals surface area contributed by atoms with E-state index < -0.39 is 8.24 Å². The molecule has 4 heteroatoms. The molecule has 0 bridgehead atoms. The molecule has 0 radical (unpaired) electrons. The van der Waals surface area contributed by atoms with Gasteiger partial charge in [0, 0.05) is 17.8 Å². The van der Waals surface area contributed by atoms with Crippen molar-refractivity contribution >= 4 is 25.4 Å². The van der Waals surface area contributed by atoms with Gasteiger partial charge in [0.1, 0.15) is 5.78 Å². The maximum Gasteiger partial charge on any atom is 0.176 e. The zero-order valence-electron chi connectivity index (χ0n) is 11.9. The minimum absolute atomic E-state index is 0.153. The SMILES string of the molecule is CC(=O)CC(C)=NN(c1ccccc1)[Si](C)(C)C. The van der Waals surface area contributed by atoms with Crippen LogP contribution in [0, 0.1) is 0 Å². The molecule has 0 aromatic heterocycles.